The monoisotopic (exact) mass is 481 g/mol. The van der Waals surface area contributed by atoms with Gasteiger partial charge in [0.25, 0.3) is 0 Å². The van der Waals surface area contributed by atoms with E-state index in [4.69, 9.17) is 15.2 Å². The van der Waals surface area contributed by atoms with E-state index in [1.165, 1.54) is 0 Å². The highest BCUT2D eigenvalue weighted by atomic mass is 79.9. The molecule has 0 unspecified atom stereocenters. The minimum absolute atomic E-state index is 0.00112. The number of aliphatic hydroxyl groups is 1. The van der Waals surface area contributed by atoms with Gasteiger partial charge < -0.3 is 15.3 Å². The van der Waals surface area contributed by atoms with E-state index in [0.29, 0.717) is 5.69 Å². The molecule has 0 aliphatic heterocycles. The van der Waals surface area contributed by atoms with E-state index in [0.717, 1.165) is 81.5 Å². The number of aryl methyl sites for hydroxylation is 2. The van der Waals surface area contributed by atoms with Crippen LogP contribution in [0.15, 0.2) is 51.4 Å². The molecule has 0 spiro atoms. The number of unbranched alkanes of at least 4 members (excludes halogenated alkanes) is 1. The first-order valence-electron chi connectivity index (χ1n) is 10.8. The lowest BCUT2D eigenvalue weighted by molar-refractivity contribution is 0.266. The van der Waals surface area contributed by atoms with Crippen molar-refractivity contribution in [2.75, 3.05) is 5.73 Å². The Labute approximate surface area is 191 Å². The maximum absolute atomic E-state index is 10.1. The normalized spacial score (nSPS) is 11.5. The highest BCUT2D eigenvalue weighted by Gasteiger charge is 2.19. The average molecular weight is 482 g/mol. The molecule has 2 heterocycles. The highest BCUT2D eigenvalue weighted by Crippen LogP contribution is 2.40. The Bertz CT molecular complexity index is 1210. The van der Waals surface area contributed by atoms with Crippen molar-refractivity contribution in [1.29, 1.82) is 0 Å². The lowest BCUT2D eigenvalue weighted by Crippen LogP contribution is -2.06. The molecule has 0 amide bonds. The van der Waals surface area contributed by atoms with Gasteiger partial charge in [-0.3, -0.25) is 4.68 Å². The second-order valence-electron chi connectivity index (χ2n) is 7.80. The molecule has 4 aromatic rings. The molecule has 0 atom stereocenters. The number of furan rings is 1. The summed E-state index contributed by atoms with van der Waals surface area (Å²) in [4.78, 5) is 0. The summed E-state index contributed by atoms with van der Waals surface area (Å²) in [6.45, 7) is 5.12. The van der Waals surface area contributed by atoms with Crippen molar-refractivity contribution in [3.63, 3.8) is 0 Å². The topological polar surface area (TPSA) is 77.2 Å². The number of aliphatic hydroxyl groups excluding tert-OH is 1. The van der Waals surface area contributed by atoms with Crippen LogP contribution in [0.3, 0.4) is 0 Å². The summed E-state index contributed by atoms with van der Waals surface area (Å²) < 4.78 is 9.01. The maximum atomic E-state index is 10.1. The van der Waals surface area contributed by atoms with Gasteiger partial charge in [-0.05, 0) is 58.6 Å². The molecule has 0 fully saturated rings. The van der Waals surface area contributed by atoms with Crippen molar-refractivity contribution in [1.82, 2.24) is 9.78 Å². The number of hydrogen-bond acceptors (Lipinski definition) is 4. The first kappa shape index (κ1) is 21.7. The number of nitrogen functional groups attached to an aromatic ring is 1. The SMILES string of the molecule is CCCCn1nc(CC)c(Cc2ccc3oc(-c4ccccc4N)c(Br)c3c2)c1CO. The lowest BCUT2D eigenvalue weighted by Gasteiger charge is -2.07. The van der Waals surface area contributed by atoms with Crippen LogP contribution in [0.1, 0.15) is 49.2 Å². The van der Waals surface area contributed by atoms with Gasteiger partial charge in [-0.25, -0.2) is 0 Å². The van der Waals surface area contributed by atoms with Crippen LogP contribution in [-0.4, -0.2) is 14.9 Å². The van der Waals surface area contributed by atoms with Crippen LogP contribution in [-0.2, 0) is 26.0 Å². The van der Waals surface area contributed by atoms with Gasteiger partial charge in [-0.2, -0.15) is 5.10 Å². The Kier molecular flexibility index (Phi) is 6.49. The summed E-state index contributed by atoms with van der Waals surface area (Å²) >= 11 is 3.73. The van der Waals surface area contributed by atoms with Gasteiger partial charge >= 0.3 is 0 Å². The largest absolute Gasteiger partial charge is 0.455 e. The van der Waals surface area contributed by atoms with E-state index in [2.05, 4.69) is 41.9 Å². The van der Waals surface area contributed by atoms with E-state index >= 15 is 0 Å². The van der Waals surface area contributed by atoms with Gasteiger partial charge in [-0.1, -0.05) is 38.5 Å². The molecule has 162 valence electrons. The summed E-state index contributed by atoms with van der Waals surface area (Å²) in [6, 6.07) is 13.9. The molecule has 0 radical (unpaired) electrons. The molecule has 0 saturated carbocycles. The van der Waals surface area contributed by atoms with E-state index < -0.39 is 0 Å². The Morgan fingerprint density at radius 3 is 2.68 bits per heavy atom. The molecule has 3 N–H and O–H groups in total. The Morgan fingerprint density at radius 2 is 1.97 bits per heavy atom. The second kappa shape index (κ2) is 9.28. The summed E-state index contributed by atoms with van der Waals surface area (Å²) in [5, 5.41) is 15.9. The molecule has 0 aliphatic rings. The third-order valence-electron chi connectivity index (χ3n) is 5.74. The summed E-state index contributed by atoms with van der Waals surface area (Å²) in [7, 11) is 0. The Hall–Kier alpha value is -2.57. The van der Waals surface area contributed by atoms with Crippen LogP contribution in [0.25, 0.3) is 22.3 Å². The van der Waals surface area contributed by atoms with Crippen LogP contribution in [0.5, 0.6) is 0 Å². The number of anilines is 1. The van der Waals surface area contributed by atoms with E-state index in [-0.39, 0.29) is 6.61 Å². The number of nitrogens with zero attached hydrogens (tertiary/aromatic N) is 2. The Balaban J connectivity index is 1.73. The minimum atomic E-state index is 0.00112. The number of benzene rings is 2. The van der Waals surface area contributed by atoms with Crippen molar-refractivity contribution in [3.05, 3.63) is 69.5 Å². The smallest absolute Gasteiger partial charge is 0.151 e. The molecule has 2 aromatic carbocycles. The van der Waals surface area contributed by atoms with Crippen LogP contribution in [0, 0.1) is 0 Å². The van der Waals surface area contributed by atoms with Crippen LogP contribution in [0.4, 0.5) is 5.69 Å². The van der Waals surface area contributed by atoms with Crippen molar-refractivity contribution in [2.24, 2.45) is 0 Å². The fraction of sp³-hybridized carbons (Fsp3) is 0.320. The summed E-state index contributed by atoms with van der Waals surface area (Å²) in [6.07, 6.45) is 3.72. The molecule has 2 aromatic heterocycles. The number of halogens is 1. The molecule has 0 aliphatic carbocycles. The quantitative estimate of drug-likeness (QED) is 0.298. The van der Waals surface area contributed by atoms with E-state index in [1.807, 2.05) is 35.0 Å². The molecule has 6 heteroatoms. The molecule has 31 heavy (non-hydrogen) atoms. The number of hydrogen-bond donors (Lipinski definition) is 2. The molecule has 0 saturated heterocycles. The number of rotatable bonds is 8. The fourth-order valence-corrected chi connectivity index (χ4v) is 4.66. The van der Waals surface area contributed by atoms with Gasteiger partial charge in [0.15, 0.2) is 5.76 Å². The molecule has 5 nitrogen and oxygen atoms in total. The lowest BCUT2D eigenvalue weighted by atomic mass is 10.0. The zero-order chi connectivity index (χ0) is 22.0. The first-order valence-corrected chi connectivity index (χ1v) is 11.6. The van der Waals surface area contributed by atoms with Gasteiger partial charge in [0.2, 0.25) is 0 Å². The number of fused-ring (bicyclic) bond motifs is 1. The summed E-state index contributed by atoms with van der Waals surface area (Å²) in [5.74, 6) is 0.739. The number of aromatic nitrogens is 2. The van der Waals surface area contributed by atoms with Crippen molar-refractivity contribution >= 4 is 32.6 Å². The molecule has 4 rings (SSSR count). The predicted octanol–water partition coefficient (Wildman–Crippen LogP) is 6.09. The van der Waals surface area contributed by atoms with Gasteiger partial charge in [0.05, 0.1) is 22.5 Å². The predicted molar refractivity (Wildman–Crippen MR) is 129 cm³/mol. The van der Waals surface area contributed by atoms with Crippen molar-refractivity contribution < 1.29 is 9.52 Å². The third kappa shape index (κ3) is 4.14. The standard InChI is InChI=1S/C25H28BrN3O2/c1-3-5-12-29-22(15-30)18(21(4-2)28-29)13-16-10-11-23-19(14-16)24(26)25(31-23)17-8-6-7-9-20(17)27/h6-11,14,30H,3-5,12-13,15,27H2,1-2H3. The average Bonchev–Trinajstić information content (AvgIpc) is 3.29. The first-order chi connectivity index (χ1) is 15.1. The second-order valence-corrected chi connectivity index (χ2v) is 8.59. The Morgan fingerprint density at radius 1 is 1.16 bits per heavy atom. The van der Waals surface area contributed by atoms with E-state index in [1.54, 1.807) is 0 Å². The van der Waals surface area contributed by atoms with Crippen LogP contribution >= 0.6 is 15.9 Å². The van der Waals surface area contributed by atoms with Crippen LogP contribution < -0.4 is 5.73 Å². The van der Waals surface area contributed by atoms with Gasteiger partial charge in [0, 0.05) is 35.2 Å². The zero-order valence-electron chi connectivity index (χ0n) is 18.0. The van der Waals surface area contributed by atoms with E-state index in [9.17, 15) is 5.11 Å². The zero-order valence-corrected chi connectivity index (χ0v) is 19.6. The van der Waals surface area contributed by atoms with Gasteiger partial charge in [-0.15, -0.1) is 0 Å². The fourth-order valence-electron chi connectivity index (χ4n) is 4.05. The molecule has 0 bridgehead atoms. The highest BCUT2D eigenvalue weighted by molar-refractivity contribution is 9.10. The van der Waals surface area contributed by atoms with Gasteiger partial charge in [0.1, 0.15) is 5.58 Å². The number of nitrogens with two attached hydrogens (primary N) is 1. The number of para-hydroxylation sites is 1. The third-order valence-corrected chi connectivity index (χ3v) is 6.52. The maximum Gasteiger partial charge on any atom is 0.151 e. The molecular weight excluding hydrogens is 454 g/mol. The summed E-state index contributed by atoms with van der Waals surface area (Å²) in [5.41, 5.74) is 12.8. The van der Waals surface area contributed by atoms with Crippen molar-refractivity contribution in [3.8, 4) is 11.3 Å². The molecular formula is C25H28BrN3O2. The van der Waals surface area contributed by atoms with Crippen LogP contribution in [0.2, 0.25) is 0 Å². The minimum Gasteiger partial charge on any atom is -0.455 e. The van der Waals surface area contributed by atoms with Crippen molar-refractivity contribution in [2.45, 2.75) is 52.7 Å².